The molecule has 1 aromatic carbocycles. The van der Waals surface area contributed by atoms with Gasteiger partial charge in [0.1, 0.15) is 0 Å². The van der Waals surface area contributed by atoms with Gasteiger partial charge in [-0.1, -0.05) is 36.2 Å². The summed E-state index contributed by atoms with van der Waals surface area (Å²) in [5, 5.41) is 3.80. The summed E-state index contributed by atoms with van der Waals surface area (Å²) >= 11 is 11.9. The molecule has 8 heteroatoms. The number of nitrogens with one attached hydrogen (secondary N) is 1. The molecule has 1 N–H and O–H groups in total. The molecule has 0 aliphatic carbocycles. The Morgan fingerprint density at radius 2 is 2.00 bits per heavy atom. The zero-order chi connectivity index (χ0) is 16.8. The molecule has 0 bridgehead atoms. The molecule has 0 unspecified atom stereocenters. The van der Waals surface area contributed by atoms with Gasteiger partial charge in [-0.25, -0.2) is 8.42 Å². The maximum Gasteiger partial charge on any atom is 0.235 e. The smallest absolute Gasteiger partial charge is 0.235 e. The molecule has 0 saturated carbocycles. The van der Waals surface area contributed by atoms with Crippen LogP contribution in [0.3, 0.4) is 0 Å². The van der Waals surface area contributed by atoms with Crippen molar-refractivity contribution in [2.24, 2.45) is 0 Å². The summed E-state index contributed by atoms with van der Waals surface area (Å²) < 4.78 is 24.3. The van der Waals surface area contributed by atoms with Crippen molar-refractivity contribution in [3.63, 3.8) is 0 Å². The van der Waals surface area contributed by atoms with Gasteiger partial charge in [0.2, 0.25) is 15.9 Å². The van der Waals surface area contributed by atoms with E-state index in [9.17, 15) is 13.2 Å². The van der Waals surface area contributed by atoms with Crippen molar-refractivity contribution in [1.82, 2.24) is 9.62 Å². The van der Waals surface area contributed by atoms with E-state index in [0.717, 1.165) is 16.1 Å². The molecule has 0 radical (unpaired) electrons. The van der Waals surface area contributed by atoms with Crippen LogP contribution in [0.1, 0.15) is 18.9 Å². The summed E-state index contributed by atoms with van der Waals surface area (Å²) in [5.41, 5.74) is 0.875. The Bertz CT molecular complexity index is 621. The topological polar surface area (TPSA) is 66.5 Å². The minimum absolute atomic E-state index is 0.166. The van der Waals surface area contributed by atoms with Gasteiger partial charge in [0.15, 0.2) is 0 Å². The molecule has 0 aromatic heterocycles. The third-order valence-corrected chi connectivity index (χ3v) is 4.83. The lowest BCUT2D eigenvalue weighted by molar-refractivity contribution is -0.121. The Hall–Kier alpha value is -0.820. The third-order valence-electron chi connectivity index (χ3n) is 2.99. The van der Waals surface area contributed by atoms with Gasteiger partial charge >= 0.3 is 0 Å². The maximum atomic E-state index is 11.8. The van der Waals surface area contributed by atoms with E-state index in [2.05, 4.69) is 5.32 Å². The first-order chi connectivity index (χ1) is 10.2. The first kappa shape index (κ1) is 19.2. The van der Waals surface area contributed by atoms with E-state index in [1.165, 1.54) is 0 Å². The van der Waals surface area contributed by atoms with Crippen molar-refractivity contribution in [2.45, 2.75) is 19.8 Å². The Balaban J connectivity index is 2.49. The molecule has 0 atom stereocenters. The highest BCUT2D eigenvalue weighted by Crippen LogP contribution is 2.20. The number of amides is 1. The number of carbonyl (C=O) groups is 1. The normalized spacial score (nSPS) is 11.7. The number of benzene rings is 1. The van der Waals surface area contributed by atoms with Gasteiger partial charge in [0.05, 0.1) is 12.8 Å². The van der Waals surface area contributed by atoms with Crippen LogP contribution in [0.2, 0.25) is 10.0 Å². The van der Waals surface area contributed by atoms with Crippen LogP contribution in [0.5, 0.6) is 0 Å². The molecule has 124 valence electrons. The molecule has 22 heavy (non-hydrogen) atoms. The van der Waals surface area contributed by atoms with E-state index in [-0.39, 0.29) is 12.5 Å². The van der Waals surface area contributed by atoms with E-state index in [4.69, 9.17) is 23.2 Å². The predicted octanol–water partition coefficient (Wildman–Crippen LogP) is 2.32. The van der Waals surface area contributed by atoms with Gasteiger partial charge in [-0.05, 0) is 30.5 Å². The van der Waals surface area contributed by atoms with Crippen molar-refractivity contribution in [3.8, 4) is 0 Å². The molecule has 0 spiro atoms. The quantitative estimate of drug-likeness (QED) is 0.767. The molecule has 0 aliphatic rings. The number of rotatable bonds is 8. The number of carbonyl (C=O) groups excluding carboxylic acids is 1. The molecule has 0 saturated heterocycles. The van der Waals surface area contributed by atoms with Gasteiger partial charge in [-0.3, -0.25) is 4.79 Å². The summed E-state index contributed by atoms with van der Waals surface area (Å²) in [5.74, 6) is -0.330. The van der Waals surface area contributed by atoms with E-state index in [1.807, 2.05) is 6.92 Å². The number of sulfonamides is 1. The summed E-state index contributed by atoms with van der Waals surface area (Å²) in [7, 11) is -3.37. The first-order valence-corrected chi connectivity index (χ1v) is 9.50. The fraction of sp³-hybridized carbons (Fsp3) is 0.500. The minimum atomic E-state index is -3.37. The third kappa shape index (κ3) is 6.52. The van der Waals surface area contributed by atoms with Crippen molar-refractivity contribution in [3.05, 3.63) is 33.8 Å². The molecule has 5 nitrogen and oxygen atoms in total. The monoisotopic (exact) mass is 366 g/mol. The van der Waals surface area contributed by atoms with E-state index in [1.54, 1.807) is 18.2 Å². The molecule has 1 rings (SSSR count). The second kappa shape index (κ2) is 8.72. The molecular weight excluding hydrogens is 347 g/mol. The highest BCUT2D eigenvalue weighted by molar-refractivity contribution is 7.88. The minimum Gasteiger partial charge on any atom is -0.355 e. The van der Waals surface area contributed by atoms with Crippen LogP contribution in [-0.2, 0) is 21.2 Å². The number of hydrogen-bond donors (Lipinski definition) is 1. The summed E-state index contributed by atoms with van der Waals surface area (Å²) in [4.78, 5) is 11.8. The molecule has 0 heterocycles. The average Bonchev–Trinajstić information content (AvgIpc) is 2.40. The molecule has 0 fully saturated rings. The highest BCUT2D eigenvalue weighted by Gasteiger charge is 2.18. The molecule has 0 aliphatic heterocycles. The van der Waals surface area contributed by atoms with Crippen LogP contribution in [0.25, 0.3) is 0 Å². The second-order valence-corrected chi connectivity index (χ2v) is 7.76. The summed E-state index contributed by atoms with van der Waals surface area (Å²) in [6.45, 7) is 2.40. The van der Waals surface area contributed by atoms with Crippen LogP contribution in [0.4, 0.5) is 0 Å². The number of halogens is 2. The molecule has 1 aromatic rings. The zero-order valence-corrected chi connectivity index (χ0v) is 14.9. The van der Waals surface area contributed by atoms with Crippen molar-refractivity contribution in [2.75, 3.05) is 25.9 Å². The SMILES string of the molecule is CCCN(CC(=O)NCCc1ccc(Cl)cc1Cl)S(C)(=O)=O. The van der Waals surface area contributed by atoms with Gasteiger partial charge in [-0.2, -0.15) is 4.31 Å². The highest BCUT2D eigenvalue weighted by atomic mass is 35.5. The Morgan fingerprint density at radius 3 is 2.55 bits per heavy atom. The number of hydrogen-bond acceptors (Lipinski definition) is 3. The van der Waals surface area contributed by atoms with Crippen molar-refractivity contribution < 1.29 is 13.2 Å². The Kier molecular flexibility index (Phi) is 7.62. The predicted molar refractivity (Wildman–Crippen MR) is 89.9 cm³/mol. The maximum absolute atomic E-state index is 11.8. The van der Waals surface area contributed by atoms with Gasteiger partial charge in [0.25, 0.3) is 0 Å². The Morgan fingerprint density at radius 1 is 1.32 bits per heavy atom. The van der Waals surface area contributed by atoms with E-state index >= 15 is 0 Å². The fourth-order valence-electron chi connectivity index (χ4n) is 1.89. The van der Waals surface area contributed by atoms with E-state index < -0.39 is 10.0 Å². The summed E-state index contributed by atoms with van der Waals surface area (Å²) in [6.07, 6.45) is 2.30. The fourth-order valence-corrected chi connectivity index (χ4v) is 3.26. The summed E-state index contributed by atoms with van der Waals surface area (Å²) in [6, 6.07) is 5.18. The van der Waals surface area contributed by atoms with Crippen LogP contribution < -0.4 is 5.32 Å². The van der Waals surface area contributed by atoms with Crippen LogP contribution in [-0.4, -0.2) is 44.5 Å². The van der Waals surface area contributed by atoms with Gasteiger partial charge in [0, 0.05) is 23.1 Å². The number of nitrogens with zero attached hydrogens (tertiary/aromatic N) is 1. The van der Waals surface area contributed by atoms with Crippen molar-refractivity contribution >= 4 is 39.1 Å². The molecule has 1 amide bonds. The standard InChI is InChI=1S/C14H20Cl2N2O3S/c1-3-8-18(22(2,20)21)10-14(19)17-7-6-11-4-5-12(15)9-13(11)16/h4-5,9H,3,6-8,10H2,1-2H3,(H,17,19). The lowest BCUT2D eigenvalue weighted by Gasteiger charge is -2.18. The van der Waals surface area contributed by atoms with Crippen LogP contribution >= 0.6 is 23.2 Å². The van der Waals surface area contributed by atoms with E-state index in [0.29, 0.717) is 36.0 Å². The molecular formula is C14H20Cl2N2O3S. The van der Waals surface area contributed by atoms with Gasteiger partial charge in [-0.15, -0.1) is 0 Å². The van der Waals surface area contributed by atoms with Crippen molar-refractivity contribution in [1.29, 1.82) is 0 Å². The zero-order valence-electron chi connectivity index (χ0n) is 12.6. The largest absolute Gasteiger partial charge is 0.355 e. The Labute approximate surface area is 141 Å². The lowest BCUT2D eigenvalue weighted by Crippen LogP contribution is -2.41. The first-order valence-electron chi connectivity index (χ1n) is 6.89. The lowest BCUT2D eigenvalue weighted by atomic mass is 10.1. The second-order valence-electron chi connectivity index (χ2n) is 4.93. The average molecular weight is 367 g/mol. The van der Waals surface area contributed by atoms with Gasteiger partial charge < -0.3 is 5.32 Å². The van der Waals surface area contributed by atoms with Crippen LogP contribution in [0.15, 0.2) is 18.2 Å². The van der Waals surface area contributed by atoms with Crippen LogP contribution in [0, 0.1) is 0 Å².